The summed E-state index contributed by atoms with van der Waals surface area (Å²) in [7, 11) is 0. The Bertz CT molecular complexity index is 296. The van der Waals surface area contributed by atoms with Crippen molar-refractivity contribution in [2.45, 2.75) is 6.54 Å². The Morgan fingerprint density at radius 2 is 1.93 bits per heavy atom. The smallest absolute Gasteiger partial charge is 0.0931 e. The van der Waals surface area contributed by atoms with Crippen LogP contribution in [0.5, 0.6) is 0 Å². The highest BCUT2D eigenvalue weighted by Gasteiger charge is 2.04. The predicted molar refractivity (Wildman–Crippen MR) is 65.0 cm³/mol. The van der Waals surface area contributed by atoms with Gasteiger partial charge in [0, 0.05) is 24.5 Å². The highest BCUT2D eigenvalue weighted by molar-refractivity contribution is 7.16. The maximum atomic E-state index is 5.86. The molecule has 0 atom stereocenters. The van der Waals surface area contributed by atoms with Crippen molar-refractivity contribution in [2.75, 3.05) is 13.1 Å². The van der Waals surface area contributed by atoms with Gasteiger partial charge < -0.3 is 0 Å². The lowest BCUT2D eigenvalue weighted by Gasteiger charge is -2.17. The van der Waals surface area contributed by atoms with Gasteiger partial charge in [0.15, 0.2) is 0 Å². The average Bonchev–Trinajstić information content (AvgIpc) is 2.52. The summed E-state index contributed by atoms with van der Waals surface area (Å²) in [5.74, 6) is 0. The van der Waals surface area contributed by atoms with Crippen molar-refractivity contribution in [3.63, 3.8) is 0 Å². The van der Waals surface area contributed by atoms with E-state index in [-0.39, 0.29) is 0 Å². The van der Waals surface area contributed by atoms with Gasteiger partial charge >= 0.3 is 0 Å². The molecule has 1 rings (SSSR count). The number of rotatable bonds is 6. The lowest BCUT2D eigenvalue weighted by molar-refractivity contribution is 0.331. The molecule has 0 aromatic carbocycles. The second kappa shape index (κ2) is 6.02. The van der Waals surface area contributed by atoms with Gasteiger partial charge in [-0.05, 0) is 12.1 Å². The van der Waals surface area contributed by atoms with Crippen LogP contribution in [0.15, 0.2) is 37.4 Å². The normalized spacial score (nSPS) is 10.4. The number of nitrogens with zero attached hydrogens (tertiary/aromatic N) is 1. The van der Waals surface area contributed by atoms with E-state index in [1.54, 1.807) is 11.3 Å². The topological polar surface area (TPSA) is 3.24 Å². The molecular formula is C11H14ClNS. The summed E-state index contributed by atoms with van der Waals surface area (Å²) in [5, 5.41) is 0. The van der Waals surface area contributed by atoms with Crippen LogP contribution in [0.1, 0.15) is 4.88 Å². The van der Waals surface area contributed by atoms with Crippen molar-refractivity contribution in [1.82, 2.24) is 4.90 Å². The minimum absolute atomic E-state index is 0.845. The monoisotopic (exact) mass is 227 g/mol. The molecule has 0 amide bonds. The molecule has 1 nitrogen and oxygen atoms in total. The minimum atomic E-state index is 0.845. The summed E-state index contributed by atoms with van der Waals surface area (Å²) in [5.41, 5.74) is 0. The molecule has 3 heteroatoms. The quantitative estimate of drug-likeness (QED) is 0.672. The highest BCUT2D eigenvalue weighted by atomic mass is 35.5. The minimum Gasteiger partial charge on any atom is -0.291 e. The molecule has 0 aliphatic heterocycles. The number of hydrogen-bond donors (Lipinski definition) is 0. The van der Waals surface area contributed by atoms with E-state index in [0.29, 0.717) is 0 Å². The molecule has 0 unspecified atom stereocenters. The van der Waals surface area contributed by atoms with Crippen LogP contribution in [-0.4, -0.2) is 18.0 Å². The Balaban J connectivity index is 2.53. The maximum absolute atomic E-state index is 5.86. The van der Waals surface area contributed by atoms with E-state index in [0.717, 1.165) is 24.0 Å². The maximum Gasteiger partial charge on any atom is 0.0931 e. The first-order valence-corrected chi connectivity index (χ1v) is 5.64. The molecule has 1 aromatic heterocycles. The molecule has 14 heavy (non-hydrogen) atoms. The van der Waals surface area contributed by atoms with Crippen LogP contribution in [0.4, 0.5) is 0 Å². The van der Waals surface area contributed by atoms with Gasteiger partial charge in [0.05, 0.1) is 4.34 Å². The highest BCUT2D eigenvalue weighted by Crippen LogP contribution is 2.22. The van der Waals surface area contributed by atoms with Crippen LogP contribution in [-0.2, 0) is 6.54 Å². The third-order valence-electron chi connectivity index (χ3n) is 1.78. The number of thiophene rings is 1. The third-order valence-corrected chi connectivity index (χ3v) is 3.00. The lowest BCUT2D eigenvalue weighted by Crippen LogP contribution is -2.22. The standard InChI is InChI=1S/C11H14ClNS/c1-3-7-13(8-4-2)9-10-5-6-11(12)14-10/h3-6H,1-2,7-9H2. The zero-order chi connectivity index (χ0) is 10.4. The first-order chi connectivity index (χ1) is 6.76. The SMILES string of the molecule is C=CCN(CC=C)Cc1ccc(Cl)s1. The predicted octanol–water partition coefficient (Wildman–Crippen LogP) is 3.58. The van der Waals surface area contributed by atoms with Gasteiger partial charge in [0.1, 0.15) is 0 Å². The second-order valence-corrected chi connectivity index (χ2v) is 4.78. The lowest BCUT2D eigenvalue weighted by atomic mass is 10.4. The summed E-state index contributed by atoms with van der Waals surface area (Å²) in [6, 6.07) is 3.99. The first-order valence-electron chi connectivity index (χ1n) is 4.44. The van der Waals surface area contributed by atoms with Gasteiger partial charge in [-0.2, -0.15) is 0 Å². The van der Waals surface area contributed by atoms with Crippen molar-refractivity contribution in [1.29, 1.82) is 0 Å². The first kappa shape index (κ1) is 11.5. The molecule has 0 saturated heterocycles. The molecule has 76 valence electrons. The van der Waals surface area contributed by atoms with Crippen molar-refractivity contribution >= 4 is 22.9 Å². The molecule has 0 aliphatic carbocycles. The van der Waals surface area contributed by atoms with Crippen LogP contribution in [0.25, 0.3) is 0 Å². The van der Waals surface area contributed by atoms with Crippen molar-refractivity contribution in [2.24, 2.45) is 0 Å². The van der Waals surface area contributed by atoms with Gasteiger partial charge in [-0.25, -0.2) is 0 Å². The van der Waals surface area contributed by atoms with Crippen molar-refractivity contribution in [3.8, 4) is 0 Å². The number of halogens is 1. The van der Waals surface area contributed by atoms with Gasteiger partial charge in [-0.15, -0.1) is 24.5 Å². The molecule has 0 aliphatic rings. The molecule has 0 bridgehead atoms. The van der Waals surface area contributed by atoms with Crippen LogP contribution < -0.4 is 0 Å². The Morgan fingerprint density at radius 3 is 2.36 bits per heavy atom. The summed E-state index contributed by atoms with van der Waals surface area (Å²) in [6.45, 7) is 10.1. The molecule has 0 spiro atoms. The van der Waals surface area contributed by atoms with E-state index in [1.807, 2.05) is 18.2 Å². The van der Waals surface area contributed by atoms with Gasteiger partial charge in [-0.1, -0.05) is 23.8 Å². The van der Waals surface area contributed by atoms with E-state index in [9.17, 15) is 0 Å². The van der Waals surface area contributed by atoms with E-state index >= 15 is 0 Å². The zero-order valence-corrected chi connectivity index (χ0v) is 9.65. The van der Waals surface area contributed by atoms with Crippen molar-refractivity contribution < 1.29 is 0 Å². The average molecular weight is 228 g/mol. The molecule has 1 heterocycles. The van der Waals surface area contributed by atoms with Crippen LogP contribution in [0, 0.1) is 0 Å². The van der Waals surface area contributed by atoms with Crippen LogP contribution in [0.2, 0.25) is 4.34 Å². The van der Waals surface area contributed by atoms with Gasteiger partial charge in [0.2, 0.25) is 0 Å². The molecule has 0 radical (unpaired) electrons. The largest absolute Gasteiger partial charge is 0.291 e. The Morgan fingerprint density at radius 1 is 1.29 bits per heavy atom. The van der Waals surface area contributed by atoms with Crippen molar-refractivity contribution in [3.05, 3.63) is 46.7 Å². The van der Waals surface area contributed by atoms with Crippen LogP contribution in [0.3, 0.4) is 0 Å². The van der Waals surface area contributed by atoms with E-state index in [1.165, 1.54) is 4.88 Å². The zero-order valence-electron chi connectivity index (χ0n) is 8.08. The Hall–Kier alpha value is -0.570. The van der Waals surface area contributed by atoms with E-state index < -0.39 is 0 Å². The molecule has 1 aromatic rings. The fourth-order valence-electron chi connectivity index (χ4n) is 1.23. The molecular weight excluding hydrogens is 214 g/mol. The molecule has 0 N–H and O–H groups in total. The Labute approximate surface area is 94.3 Å². The summed E-state index contributed by atoms with van der Waals surface area (Å²) >= 11 is 7.48. The van der Waals surface area contributed by atoms with E-state index in [2.05, 4.69) is 24.1 Å². The third kappa shape index (κ3) is 3.66. The molecule has 0 saturated carbocycles. The van der Waals surface area contributed by atoms with Gasteiger partial charge in [-0.3, -0.25) is 4.90 Å². The molecule has 0 fully saturated rings. The fraction of sp³-hybridized carbons (Fsp3) is 0.273. The summed E-state index contributed by atoms with van der Waals surface area (Å²) in [6.07, 6.45) is 3.80. The fourth-order valence-corrected chi connectivity index (χ4v) is 2.36. The van der Waals surface area contributed by atoms with E-state index in [4.69, 9.17) is 11.6 Å². The van der Waals surface area contributed by atoms with Gasteiger partial charge in [0.25, 0.3) is 0 Å². The Kier molecular flexibility index (Phi) is 4.94. The summed E-state index contributed by atoms with van der Waals surface area (Å²) < 4.78 is 0.845. The number of hydrogen-bond acceptors (Lipinski definition) is 2. The summed E-state index contributed by atoms with van der Waals surface area (Å²) in [4.78, 5) is 3.53. The second-order valence-electron chi connectivity index (χ2n) is 2.98. The van der Waals surface area contributed by atoms with Crippen LogP contribution >= 0.6 is 22.9 Å².